The lowest BCUT2D eigenvalue weighted by Crippen LogP contribution is -2.26. The molecule has 1 heterocycles. The van der Waals surface area contributed by atoms with Gasteiger partial charge in [0.1, 0.15) is 11.1 Å². The highest BCUT2D eigenvalue weighted by molar-refractivity contribution is 7.16. The van der Waals surface area contributed by atoms with Gasteiger partial charge in [-0.2, -0.15) is 5.26 Å². The van der Waals surface area contributed by atoms with E-state index in [1.165, 1.54) is 10.4 Å². The van der Waals surface area contributed by atoms with E-state index in [0.717, 1.165) is 24.3 Å². The minimum Gasteiger partial charge on any atom is -0.503 e. The third-order valence-corrected chi connectivity index (χ3v) is 6.72. The highest BCUT2D eigenvalue weighted by atomic mass is 35.5. The second-order valence-corrected chi connectivity index (χ2v) is 9.63. The number of aliphatic imine (C=N–C) groups is 1. The molecule has 1 atom stereocenters. The van der Waals surface area contributed by atoms with Crippen molar-refractivity contribution in [2.45, 2.75) is 47.0 Å². The molecule has 3 rings (SSSR count). The first-order valence-corrected chi connectivity index (χ1v) is 10.7. The molecule has 0 bridgehead atoms. The summed E-state index contributed by atoms with van der Waals surface area (Å²) in [5.74, 6) is 0.875. The van der Waals surface area contributed by atoms with E-state index in [1.807, 2.05) is 6.92 Å². The van der Waals surface area contributed by atoms with E-state index in [1.54, 1.807) is 29.7 Å². The van der Waals surface area contributed by atoms with Crippen LogP contribution in [0.5, 0.6) is 11.5 Å². The first-order valence-electron chi connectivity index (χ1n) is 9.48. The maximum Gasteiger partial charge on any atom is 0.176 e. The molecule has 1 N–H and O–H groups in total. The molecule has 2 aromatic rings. The summed E-state index contributed by atoms with van der Waals surface area (Å²) in [6, 6.07) is 5.69. The van der Waals surface area contributed by atoms with Crippen molar-refractivity contribution in [3.05, 3.63) is 38.7 Å². The Hall–Kier alpha value is -2.03. The summed E-state index contributed by atoms with van der Waals surface area (Å²) in [5, 5.41) is 20.6. The number of hydrogen-bond acceptors (Lipinski definition) is 5. The van der Waals surface area contributed by atoms with Gasteiger partial charge in [-0.25, -0.2) is 4.99 Å². The fourth-order valence-electron chi connectivity index (χ4n) is 3.58. The lowest BCUT2D eigenvalue weighted by atomic mass is 9.72. The molecule has 0 fully saturated rings. The molecule has 1 aromatic carbocycles. The molecular formula is C22H25ClN2O2S. The van der Waals surface area contributed by atoms with E-state index >= 15 is 0 Å². The molecule has 0 saturated heterocycles. The zero-order valence-corrected chi connectivity index (χ0v) is 18.2. The van der Waals surface area contributed by atoms with E-state index in [0.29, 0.717) is 29.4 Å². The van der Waals surface area contributed by atoms with Crippen molar-refractivity contribution in [3.63, 3.8) is 0 Å². The number of aromatic hydroxyl groups is 1. The molecular weight excluding hydrogens is 392 g/mol. The van der Waals surface area contributed by atoms with Crippen molar-refractivity contribution in [2.75, 3.05) is 6.61 Å². The van der Waals surface area contributed by atoms with Crippen LogP contribution in [-0.4, -0.2) is 17.9 Å². The van der Waals surface area contributed by atoms with Gasteiger partial charge in [-0.3, -0.25) is 0 Å². The largest absolute Gasteiger partial charge is 0.503 e. The van der Waals surface area contributed by atoms with Crippen molar-refractivity contribution >= 4 is 34.2 Å². The Balaban J connectivity index is 1.92. The van der Waals surface area contributed by atoms with Crippen LogP contribution in [0.2, 0.25) is 5.02 Å². The molecule has 4 nitrogen and oxygen atoms in total. The number of hydrogen-bond donors (Lipinski definition) is 1. The van der Waals surface area contributed by atoms with Crippen molar-refractivity contribution < 1.29 is 9.84 Å². The number of ether oxygens (including phenoxy) is 1. The first kappa shape index (κ1) is 20.7. The molecule has 0 unspecified atom stereocenters. The Morgan fingerprint density at radius 3 is 2.82 bits per heavy atom. The monoisotopic (exact) mass is 416 g/mol. The molecule has 0 spiro atoms. The fraction of sp³-hybridized carbons (Fsp3) is 0.455. The van der Waals surface area contributed by atoms with Crippen molar-refractivity contribution in [3.8, 4) is 17.6 Å². The topological polar surface area (TPSA) is 65.6 Å². The molecule has 1 aliphatic rings. The number of nitriles is 1. The SMILES string of the molecule is CCOc1cc(C=Nc2sc3c(c2C#N)CC[C@@H](C(C)(C)C)C3)cc(Cl)c1O. The third-order valence-electron chi connectivity index (χ3n) is 5.26. The third kappa shape index (κ3) is 4.19. The number of thiophene rings is 1. The van der Waals surface area contributed by atoms with Gasteiger partial charge in [-0.15, -0.1) is 11.3 Å². The van der Waals surface area contributed by atoms with Crippen molar-refractivity contribution in [2.24, 2.45) is 16.3 Å². The van der Waals surface area contributed by atoms with E-state index in [4.69, 9.17) is 16.3 Å². The summed E-state index contributed by atoms with van der Waals surface area (Å²) in [6.45, 7) is 9.12. The van der Waals surface area contributed by atoms with Crippen LogP contribution in [-0.2, 0) is 12.8 Å². The molecule has 0 radical (unpaired) electrons. The Morgan fingerprint density at radius 2 is 2.18 bits per heavy atom. The lowest BCUT2D eigenvalue weighted by Gasteiger charge is -2.33. The number of rotatable bonds is 4. The first-order chi connectivity index (χ1) is 13.2. The lowest BCUT2D eigenvalue weighted by molar-refractivity contribution is 0.218. The van der Waals surface area contributed by atoms with Gasteiger partial charge >= 0.3 is 0 Å². The highest BCUT2D eigenvalue weighted by Crippen LogP contribution is 2.45. The van der Waals surface area contributed by atoms with Crippen molar-refractivity contribution in [1.29, 1.82) is 5.26 Å². The van der Waals surface area contributed by atoms with Crippen LogP contribution in [0.25, 0.3) is 0 Å². The van der Waals surface area contributed by atoms with Crippen LogP contribution < -0.4 is 4.74 Å². The number of halogens is 1. The van der Waals surface area contributed by atoms with Gasteiger partial charge in [0.15, 0.2) is 11.5 Å². The summed E-state index contributed by atoms with van der Waals surface area (Å²) < 4.78 is 5.42. The predicted octanol–water partition coefficient (Wildman–Crippen LogP) is 6.28. The predicted molar refractivity (Wildman–Crippen MR) is 116 cm³/mol. The summed E-state index contributed by atoms with van der Waals surface area (Å²) >= 11 is 7.71. The van der Waals surface area contributed by atoms with Gasteiger partial charge in [0.05, 0.1) is 17.2 Å². The minimum absolute atomic E-state index is 0.0711. The molecule has 1 aliphatic carbocycles. The van der Waals surface area contributed by atoms with Gasteiger partial charge in [0.2, 0.25) is 0 Å². The summed E-state index contributed by atoms with van der Waals surface area (Å²) in [7, 11) is 0. The van der Waals surface area contributed by atoms with E-state index < -0.39 is 0 Å². The Kier molecular flexibility index (Phi) is 6.02. The average molecular weight is 417 g/mol. The minimum atomic E-state index is -0.0711. The molecule has 6 heteroatoms. The number of nitrogens with zero attached hydrogens (tertiary/aromatic N) is 2. The molecule has 0 aliphatic heterocycles. The summed E-state index contributed by atoms with van der Waals surface area (Å²) in [6.07, 6.45) is 4.72. The second-order valence-electron chi connectivity index (χ2n) is 8.14. The van der Waals surface area contributed by atoms with Gasteiger partial charge in [0.25, 0.3) is 0 Å². The quantitative estimate of drug-likeness (QED) is 0.596. The van der Waals surface area contributed by atoms with Crippen LogP contribution in [0.1, 0.15) is 55.7 Å². The zero-order chi connectivity index (χ0) is 20.5. The fourth-order valence-corrected chi connectivity index (χ4v) is 5.02. The summed E-state index contributed by atoms with van der Waals surface area (Å²) in [4.78, 5) is 5.87. The standard InChI is InChI=1S/C22H25ClN2O2S/c1-5-27-18-9-13(8-17(23)20(18)26)12-25-21-16(11-24)15-7-6-14(22(2,3)4)10-19(15)28-21/h8-9,12,14,26H,5-7,10H2,1-4H3/t14-/m1/s1. The number of benzene rings is 1. The Labute approximate surface area is 175 Å². The van der Waals surface area contributed by atoms with E-state index in [2.05, 4.69) is 31.8 Å². The highest BCUT2D eigenvalue weighted by Gasteiger charge is 2.32. The zero-order valence-electron chi connectivity index (χ0n) is 16.7. The maximum atomic E-state index is 9.98. The van der Waals surface area contributed by atoms with Gasteiger partial charge in [-0.1, -0.05) is 32.4 Å². The van der Waals surface area contributed by atoms with Crippen LogP contribution in [0.4, 0.5) is 5.00 Å². The van der Waals surface area contributed by atoms with Gasteiger partial charge in [-0.05, 0) is 60.8 Å². The van der Waals surface area contributed by atoms with Crippen LogP contribution in [0.15, 0.2) is 17.1 Å². The number of phenols is 1. The van der Waals surface area contributed by atoms with Crippen LogP contribution in [0, 0.1) is 22.7 Å². The molecule has 0 saturated carbocycles. The molecule has 28 heavy (non-hydrogen) atoms. The van der Waals surface area contributed by atoms with Crippen LogP contribution >= 0.6 is 22.9 Å². The van der Waals surface area contributed by atoms with E-state index in [-0.39, 0.29) is 16.2 Å². The Morgan fingerprint density at radius 1 is 1.43 bits per heavy atom. The summed E-state index contributed by atoms with van der Waals surface area (Å²) in [5.41, 5.74) is 2.84. The van der Waals surface area contributed by atoms with Gasteiger partial charge < -0.3 is 9.84 Å². The smallest absolute Gasteiger partial charge is 0.176 e. The average Bonchev–Trinajstić information content (AvgIpc) is 3.00. The normalized spacial score (nSPS) is 16.8. The van der Waals surface area contributed by atoms with Crippen LogP contribution in [0.3, 0.4) is 0 Å². The molecule has 1 aromatic heterocycles. The molecule has 148 valence electrons. The van der Waals surface area contributed by atoms with Crippen molar-refractivity contribution in [1.82, 2.24) is 0 Å². The second kappa shape index (κ2) is 8.14. The maximum absolute atomic E-state index is 9.98. The number of phenolic OH excluding ortho intramolecular Hbond substituents is 1. The van der Waals surface area contributed by atoms with Gasteiger partial charge in [0, 0.05) is 11.1 Å². The molecule has 0 amide bonds. The number of fused-ring (bicyclic) bond motifs is 1. The van der Waals surface area contributed by atoms with E-state index in [9.17, 15) is 10.4 Å². The Bertz CT molecular complexity index is 951.